The Balaban J connectivity index is 2.20. The lowest BCUT2D eigenvalue weighted by atomic mass is 10.3. The third-order valence-corrected chi connectivity index (χ3v) is 2.64. The van der Waals surface area contributed by atoms with Crippen LogP contribution in [0.5, 0.6) is 5.75 Å². The zero-order valence-corrected chi connectivity index (χ0v) is 10.3. The van der Waals surface area contributed by atoms with E-state index in [2.05, 4.69) is 18.7 Å². The quantitative estimate of drug-likeness (QED) is 0.568. The van der Waals surface area contributed by atoms with E-state index in [1.807, 2.05) is 24.3 Å². The van der Waals surface area contributed by atoms with E-state index in [1.165, 1.54) is 0 Å². The summed E-state index contributed by atoms with van der Waals surface area (Å²) in [5.74, 6) is 0.861. The Bertz CT molecular complexity index is 298. The molecule has 0 bridgehead atoms. The predicted octanol–water partition coefficient (Wildman–Crippen LogP) is 2.38. The second-order valence-electron chi connectivity index (χ2n) is 3.80. The number of rotatable bonds is 7. The Kier molecular flexibility index (Phi) is 5.72. The molecule has 0 radical (unpaired) electrons. The van der Waals surface area contributed by atoms with Crippen LogP contribution in [0.3, 0.4) is 0 Å². The molecule has 2 N–H and O–H groups in total. The molecule has 0 aliphatic carbocycles. The molecular formula is C13H22N2O. The van der Waals surface area contributed by atoms with Gasteiger partial charge in [-0.3, -0.25) is 0 Å². The summed E-state index contributed by atoms with van der Waals surface area (Å²) in [4.78, 5) is 2.39. The first-order valence-corrected chi connectivity index (χ1v) is 5.97. The van der Waals surface area contributed by atoms with Gasteiger partial charge in [0.25, 0.3) is 0 Å². The summed E-state index contributed by atoms with van der Waals surface area (Å²) in [6.45, 7) is 8.42. The highest BCUT2D eigenvalue weighted by Crippen LogP contribution is 2.14. The van der Waals surface area contributed by atoms with E-state index in [4.69, 9.17) is 10.5 Å². The maximum absolute atomic E-state index is 5.67. The number of ether oxygens (including phenoxy) is 1. The van der Waals surface area contributed by atoms with Crippen LogP contribution < -0.4 is 10.5 Å². The van der Waals surface area contributed by atoms with Crippen molar-refractivity contribution >= 4 is 5.69 Å². The van der Waals surface area contributed by atoms with E-state index < -0.39 is 0 Å². The van der Waals surface area contributed by atoms with E-state index in [9.17, 15) is 0 Å². The van der Waals surface area contributed by atoms with E-state index in [1.54, 1.807) is 0 Å². The van der Waals surface area contributed by atoms with Crippen LogP contribution in [-0.4, -0.2) is 31.1 Å². The third kappa shape index (κ3) is 4.53. The van der Waals surface area contributed by atoms with Crippen LogP contribution in [0, 0.1) is 0 Å². The fourth-order valence-corrected chi connectivity index (χ4v) is 1.62. The van der Waals surface area contributed by atoms with Crippen molar-refractivity contribution in [2.75, 3.05) is 32.0 Å². The van der Waals surface area contributed by atoms with Gasteiger partial charge in [-0.05, 0) is 31.6 Å². The number of hydrogen-bond donors (Lipinski definition) is 1. The molecule has 3 nitrogen and oxygen atoms in total. The van der Waals surface area contributed by atoms with E-state index in [-0.39, 0.29) is 0 Å². The molecule has 0 aliphatic heterocycles. The molecule has 1 rings (SSSR count). The number of anilines is 1. The molecule has 16 heavy (non-hydrogen) atoms. The highest BCUT2D eigenvalue weighted by molar-refractivity contribution is 5.43. The fourth-order valence-electron chi connectivity index (χ4n) is 1.62. The number of benzene rings is 1. The molecule has 0 aromatic heterocycles. The van der Waals surface area contributed by atoms with E-state index >= 15 is 0 Å². The number of nitrogen functional groups attached to an aromatic ring is 1. The molecular weight excluding hydrogens is 200 g/mol. The Morgan fingerprint density at radius 1 is 1.25 bits per heavy atom. The summed E-state index contributed by atoms with van der Waals surface area (Å²) in [5, 5.41) is 0. The van der Waals surface area contributed by atoms with Crippen molar-refractivity contribution < 1.29 is 4.74 Å². The van der Waals surface area contributed by atoms with Crippen LogP contribution in [0.4, 0.5) is 5.69 Å². The molecule has 0 heterocycles. The van der Waals surface area contributed by atoms with Crippen LogP contribution in [-0.2, 0) is 0 Å². The van der Waals surface area contributed by atoms with Crippen molar-refractivity contribution in [1.82, 2.24) is 4.90 Å². The van der Waals surface area contributed by atoms with Gasteiger partial charge in [0, 0.05) is 18.3 Å². The molecule has 0 fully saturated rings. The number of nitrogens with zero attached hydrogens (tertiary/aromatic N) is 1. The SMILES string of the molecule is CCN(CC)CCCOc1cccc(N)c1. The van der Waals surface area contributed by atoms with E-state index in [0.717, 1.165) is 44.1 Å². The average Bonchev–Trinajstić information content (AvgIpc) is 2.29. The van der Waals surface area contributed by atoms with Crippen LogP contribution in [0.2, 0.25) is 0 Å². The van der Waals surface area contributed by atoms with Gasteiger partial charge < -0.3 is 15.4 Å². The predicted molar refractivity (Wildman–Crippen MR) is 68.8 cm³/mol. The number of nitrogens with two attached hydrogens (primary N) is 1. The lowest BCUT2D eigenvalue weighted by Gasteiger charge is -2.17. The van der Waals surface area contributed by atoms with E-state index in [0.29, 0.717) is 0 Å². The van der Waals surface area contributed by atoms with Crippen LogP contribution in [0.15, 0.2) is 24.3 Å². The van der Waals surface area contributed by atoms with Crippen molar-refractivity contribution in [3.05, 3.63) is 24.3 Å². The topological polar surface area (TPSA) is 38.5 Å². The molecule has 0 unspecified atom stereocenters. The maximum Gasteiger partial charge on any atom is 0.121 e. The van der Waals surface area contributed by atoms with Gasteiger partial charge in [0.1, 0.15) is 5.75 Å². The monoisotopic (exact) mass is 222 g/mol. The molecule has 0 spiro atoms. The summed E-state index contributed by atoms with van der Waals surface area (Å²) in [7, 11) is 0. The third-order valence-electron chi connectivity index (χ3n) is 2.64. The second-order valence-corrected chi connectivity index (χ2v) is 3.80. The van der Waals surface area contributed by atoms with Crippen molar-refractivity contribution in [2.45, 2.75) is 20.3 Å². The fraction of sp³-hybridized carbons (Fsp3) is 0.538. The summed E-state index contributed by atoms with van der Waals surface area (Å²) in [6, 6.07) is 7.57. The van der Waals surface area contributed by atoms with Gasteiger partial charge in [0.15, 0.2) is 0 Å². The largest absolute Gasteiger partial charge is 0.493 e. The molecule has 1 aromatic rings. The molecule has 3 heteroatoms. The first kappa shape index (κ1) is 12.8. The summed E-state index contributed by atoms with van der Waals surface area (Å²) in [6.07, 6.45) is 1.05. The molecule has 90 valence electrons. The molecule has 0 saturated heterocycles. The number of hydrogen-bond acceptors (Lipinski definition) is 3. The first-order chi connectivity index (χ1) is 7.76. The highest BCUT2D eigenvalue weighted by atomic mass is 16.5. The molecule has 0 aliphatic rings. The minimum absolute atomic E-state index is 0.750. The summed E-state index contributed by atoms with van der Waals surface area (Å²) >= 11 is 0. The zero-order valence-electron chi connectivity index (χ0n) is 10.3. The van der Waals surface area contributed by atoms with Gasteiger partial charge in [0.2, 0.25) is 0 Å². The van der Waals surface area contributed by atoms with Crippen LogP contribution in [0.1, 0.15) is 20.3 Å². The van der Waals surface area contributed by atoms with Gasteiger partial charge in [0.05, 0.1) is 6.61 Å². The minimum atomic E-state index is 0.750. The Hall–Kier alpha value is -1.22. The highest BCUT2D eigenvalue weighted by Gasteiger charge is 1.99. The normalized spacial score (nSPS) is 10.7. The molecule has 0 saturated carbocycles. The smallest absolute Gasteiger partial charge is 0.121 e. The summed E-state index contributed by atoms with van der Waals surface area (Å²) in [5.41, 5.74) is 6.42. The Morgan fingerprint density at radius 3 is 2.62 bits per heavy atom. The lowest BCUT2D eigenvalue weighted by molar-refractivity contribution is 0.249. The van der Waals surface area contributed by atoms with Crippen LogP contribution in [0.25, 0.3) is 0 Å². The maximum atomic E-state index is 5.67. The summed E-state index contributed by atoms with van der Waals surface area (Å²) < 4.78 is 5.62. The first-order valence-electron chi connectivity index (χ1n) is 5.97. The molecule has 0 atom stereocenters. The van der Waals surface area contributed by atoms with Gasteiger partial charge in [-0.15, -0.1) is 0 Å². The van der Waals surface area contributed by atoms with Crippen molar-refractivity contribution in [1.29, 1.82) is 0 Å². The zero-order chi connectivity index (χ0) is 11.8. The van der Waals surface area contributed by atoms with Crippen molar-refractivity contribution in [2.24, 2.45) is 0 Å². The molecule has 0 amide bonds. The van der Waals surface area contributed by atoms with Gasteiger partial charge in [-0.25, -0.2) is 0 Å². The standard InChI is InChI=1S/C13H22N2O/c1-3-15(4-2)9-6-10-16-13-8-5-7-12(14)11-13/h5,7-8,11H,3-4,6,9-10,14H2,1-2H3. The second kappa shape index (κ2) is 7.12. The van der Waals surface area contributed by atoms with Gasteiger partial charge in [-0.2, -0.15) is 0 Å². The Morgan fingerprint density at radius 2 is 2.00 bits per heavy atom. The van der Waals surface area contributed by atoms with Crippen LogP contribution >= 0.6 is 0 Å². The average molecular weight is 222 g/mol. The Labute approximate surface area is 98.2 Å². The van der Waals surface area contributed by atoms with Crippen molar-refractivity contribution in [3.8, 4) is 5.75 Å². The minimum Gasteiger partial charge on any atom is -0.493 e. The van der Waals surface area contributed by atoms with Gasteiger partial charge >= 0.3 is 0 Å². The van der Waals surface area contributed by atoms with Gasteiger partial charge in [-0.1, -0.05) is 19.9 Å². The van der Waals surface area contributed by atoms with Crippen molar-refractivity contribution in [3.63, 3.8) is 0 Å². The molecule has 1 aromatic carbocycles. The lowest BCUT2D eigenvalue weighted by Crippen LogP contribution is -2.25.